The summed E-state index contributed by atoms with van der Waals surface area (Å²) in [4.78, 5) is 17.5. The van der Waals surface area contributed by atoms with Gasteiger partial charge in [-0.2, -0.15) is 0 Å². The molecule has 4 nitrogen and oxygen atoms in total. The molecule has 0 aromatic rings. The van der Waals surface area contributed by atoms with E-state index in [-0.39, 0.29) is 12.0 Å². The van der Waals surface area contributed by atoms with Crippen LogP contribution in [0.4, 0.5) is 0 Å². The fraction of sp³-hybridized carbons (Fsp3) is 0.938. The lowest BCUT2D eigenvalue weighted by Crippen LogP contribution is -2.46. The third kappa shape index (κ3) is 3.17. The molecule has 114 valence electrons. The molecule has 0 bridgehead atoms. The maximum Gasteiger partial charge on any atom is 0.226 e. The Kier molecular flexibility index (Phi) is 4.61. The Morgan fingerprint density at radius 2 is 1.80 bits per heavy atom. The first-order valence-electron chi connectivity index (χ1n) is 8.52. The summed E-state index contributed by atoms with van der Waals surface area (Å²) in [5.41, 5.74) is 6.05. The van der Waals surface area contributed by atoms with Crippen molar-refractivity contribution in [2.45, 2.75) is 63.5 Å². The predicted molar refractivity (Wildman–Crippen MR) is 80.3 cm³/mol. The highest BCUT2D eigenvalue weighted by Crippen LogP contribution is 2.29. The van der Waals surface area contributed by atoms with Crippen LogP contribution in [0.1, 0.15) is 51.4 Å². The lowest BCUT2D eigenvalue weighted by Gasteiger charge is -2.34. The van der Waals surface area contributed by atoms with Crippen LogP contribution in [-0.4, -0.2) is 54.0 Å². The zero-order valence-electron chi connectivity index (χ0n) is 12.6. The SMILES string of the molecule is N[C@@H]1CCC[C@H](C(=O)N2CCC[C@@H]2CN2CCCC2)C1. The lowest BCUT2D eigenvalue weighted by atomic mass is 9.85. The van der Waals surface area contributed by atoms with Crippen LogP contribution in [-0.2, 0) is 4.79 Å². The largest absolute Gasteiger partial charge is 0.338 e. The lowest BCUT2D eigenvalue weighted by molar-refractivity contribution is -0.137. The van der Waals surface area contributed by atoms with Crippen LogP contribution in [0.5, 0.6) is 0 Å². The summed E-state index contributed by atoms with van der Waals surface area (Å²) in [6, 6.07) is 0.719. The van der Waals surface area contributed by atoms with Gasteiger partial charge in [0.15, 0.2) is 0 Å². The zero-order valence-corrected chi connectivity index (χ0v) is 12.6. The van der Waals surface area contributed by atoms with Gasteiger partial charge in [0.05, 0.1) is 0 Å². The fourth-order valence-corrected chi connectivity index (χ4v) is 4.27. The van der Waals surface area contributed by atoms with E-state index in [0.29, 0.717) is 11.9 Å². The second-order valence-corrected chi connectivity index (χ2v) is 6.96. The number of likely N-dealkylation sites (tertiary alicyclic amines) is 2. The monoisotopic (exact) mass is 279 g/mol. The number of carbonyl (C=O) groups is 1. The van der Waals surface area contributed by atoms with Gasteiger partial charge in [0.2, 0.25) is 5.91 Å². The van der Waals surface area contributed by atoms with Crippen molar-refractivity contribution in [1.82, 2.24) is 9.80 Å². The molecule has 20 heavy (non-hydrogen) atoms. The Bertz CT molecular complexity index is 341. The van der Waals surface area contributed by atoms with Gasteiger partial charge in [-0.15, -0.1) is 0 Å². The van der Waals surface area contributed by atoms with Gasteiger partial charge in [0, 0.05) is 31.1 Å². The normalized spacial score (nSPS) is 35.6. The first kappa shape index (κ1) is 14.3. The van der Waals surface area contributed by atoms with Gasteiger partial charge in [0.1, 0.15) is 0 Å². The molecule has 0 radical (unpaired) electrons. The molecule has 3 fully saturated rings. The standard InChI is InChI=1S/C16H29N3O/c17-14-6-3-5-13(11-14)16(20)19-10-4-7-15(19)12-18-8-1-2-9-18/h13-15H,1-12,17H2/t13-,14+,15+/m0/s1. The highest BCUT2D eigenvalue weighted by Gasteiger charge is 2.35. The molecule has 3 atom stereocenters. The van der Waals surface area contributed by atoms with E-state index >= 15 is 0 Å². The van der Waals surface area contributed by atoms with E-state index in [9.17, 15) is 4.79 Å². The molecular weight excluding hydrogens is 250 g/mol. The molecule has 0 aromatic heterocycles. The molecule has 1 aliphatic carbocycles. The van der Waals surface area contributed by atoms with Crippen molar-refractivity contribution in [3.05, 3.63) is 0 Å². The smallest absolute Gasteiger partial charge is 0.226 e. The fourth-order valence-electron chi connectivity index (χ4n) is 4.27. The van der Waals surface area contributed by atoms with Crippen molar-refractivity contribution < 1.29 is 4.79 Å². The Balaban J connectivity index is 1.57. The number of amides is 1. The van der Waals surface area contributed by atoms with Crippen LogP contribution in [0.2, 0.25) is 0 Å². The second-order valence-electron chi connectivity index (χ2n) is 6.96. The maximum absolute atomic E-state index is 12.8. The summed E-state index contributed by atoms with van der Waals surface area (Å²) in [6.45, 7) is 4.53. The molecule has 1 saturated carbocycles. The molecule has 3 aliphatic rings. The highest BCUT2D eigenvalue weighted by atomic mass is 16.2. The summed E-state index contributed by atoms with van der Waals surface area (Å²) < 4.78 is 0. The summed E-state index contributed by atoms with van der Waals surface area (Å²) >= 11 is 0. The molecular formula is C16H29N3O. The Hall–Kier alpha value is -0.610. The molecule has 1 amide bonds. The summed E-state index contributed by atoms with van der Waals surface area (Å²) in [5, 5.41) is 0. The minimum absolute atomic E-state index is 0.206. The Labute approximate surface area is 122 Å². The van der Waals surface area contributed by atoms with Gasteiger partial charge in [-0.1, -0.05) is 6.42 Å². The van der Waals surface area contributed by atoms with E-state index in [0.717, 1.165) is 38.8 Å². The van der Waals surface area contributed by atoms with E-state index in [4.69, 9.17) is 5.73 Å². The third-order valence-electron chi connectivity index (χ3n) is 5.39. The summed E-state index contributed by atoms with van der Waals surface area (Å²) in [6.07, 6.45) is 9.23. The van der Waals surface area contributed by atoms with Crippen molar-refractivity contribution in [2.75, 3.05) is 26.2 Å². The molecule has 2 heterocycles. The van der Waals surface area contributed by atoms with E-state index in [1.54, 1.807) is 0 Å². The predicted octanol–water partition coefficient (Wildman–Crippen LogP) is 1.59. The molecule has 2 N–H and O–H groups in total. The highest BCUT2D eigenvalue weighted by molar-refractivity contribution is 5.79. The number of carbonyl (C=O) groups excluding carboxylic acids is 1. The number of hydrogen-bond donors (Lipinski definition) is 1. The van der Waals surface area contributed by atoms with Gasteiger partial charge >= 0.3 is 0 Å². The first-order valence-corrected chi connectivity index (χ1v) is 8.52. The molecule has 2 aliphatic heterocycles. The molecule has 0 unspecified atom stereocenters. The van der Waals surface area contributed by atoms with E-state index in [1.807, 2.05) is 0 Å². The van der Waals surface area contributed by atoms with Gasteiger partial charge in [-0.3, -0.25) is 4.79 Å². The van der Waals surface area contributed by atoms with Crippen molar-refractivity contribution in [2.24, 2.45) is 11.7 Å². The Morgan fingerprint density at radius 1 is 1.00 bits per heavy atom. The van der Waals surface area contributed by atoms with Crippen molar-refractivity contribution >= 4 is 5.91 Å². The van der Waals surface area contributed by atoms with Crippen LogP contribution >= 0.6 is 0 Å². The molecule has 3 rings (SSSR count). The van der Waals surface area contributed by atoms with Crippen LogP contribution in [0.25, 0.3) is 0 Å². The quantitative estimate of drug-likeness (QED) is 0.853. The molecule has 4 heteroatoms. The molecule has 2 saturated heterocycles. The minimum Gasteiger partial charge on any atom is -0.338 e. The molecule has 0 spiro atoms. The van der Waals surface area contributed by atoms with Crippen LogP contribution in [0, 0.1) is 5.92 Å². The average Bonchev–Trinajstić information content (AvgIpc) is 3.10. The number of nitrogens with zero attached hydrogens (tertiary/aromatic N) is 2. The van der Waals surface area contributed by atoms with Crippen LogP contribution in [0.15, 0.2) is 0 Å². The van der Waals surface area contributed by atoms with Crippen molar-refractivity contribution in [3.8, 4) is 0 Å². The van der Waals surface area contributed by atoms with E-state index in [1.165, 1.54) is 38.8 Å². The second kappa shape index (κ2) is 6.44. The van der Waals surface area contributed by atoms with Gasteiger partial charge < -0.3 is 15.5 Å². The van der Waals surface area contributed by atoms with Crippen LogP contribution in [0.3, 0.4) is 0 Å². The van der Waals surface area contributed by atoms with Gasteiger partial charge in [0.25, 0.3) is 0 Å². The van der Waals surface area contributed by atoms with Crippen molar-refractivity contribution in [1.29, 1.82) is 0 Å². The number of hydrogen-bond acceptors (Lipinski definition) is 3. The number of nitrogens with two attached hydrogens (primary N) is 1. The maximum atomic E-state index is 12.8. The average molecular weight is 279 g/mol. The number of rotatable bonds is 3. The Morgan fingerprint density at radius 3 is 2.55 bits per heavy atom. The van der Waals surface area contributed by atoms with Gasteiger partial charge in [-0.25, -0.2) is 0 Å². The first-order chi connectivity index (χ1) is 9.74. The van der Waals surface area contributed by atoms with E-state index < -0.39 is 0 Å². The van der Waals surface area contributed by atoms with Crippen LogP contribution < -0.4 is 5.73 Å². The zero-order chi connectivity index (χ0) is 13.9. The topological polar surface area (TPSA) is 49.6 Å². The van der Waals surface area contributed by atoms with Crippen molar-refractivity contribution in [3.63, 3.8) is 0 Å². The summed E-state index contributed by atoms with van der Waals surface area (Å²) in [7, 11) is 0. The third-order valence-corrected chi connectivity index (χ3v) is 5.39. The molecule has 0 aromatic carbocycles. The summed E-state index contributed by atoms with van der Waals surface area (Å²) in [5.74, 6) is 0.611. The van der Waals surface area contributed by atoms with Gasteiger partial charge in [-0.05, 0) is 58.0 Å². The minimum atomic E-state index is 0.206. The van der Waals surface area contributed by atoms with E-state index in [2.05, 4.69) is 9.80 Å².